The molecule has 0 bridgehead atoms. The zero-order valence-electron chi connectivity index (χ0n) is 11.6. The van der Waals surface area contributed by atoms with Gasteiger partial charge in [0.25, 0.3) is 0 Å². The zero-order valence-corrected chi connectivity index (χ0v) is 11.6. The van der Waals surface area contributed by atoms with Crippen LogP contribution in [0.25, 0.3) is 0 Å². The Kier molecular flexibility index (Phi) is 6.30. The molecule has 0 atom stereocenters. The number of hydrogen-bond acceptors (Lipinski definition) is 2. The van der Waals surface area contributed by atoms with Gasteiger partial charge >= 0.3 is 7.69 Å². The van der Waals surface area contributed by atoms with Crippen molar-refractivity contribution in [3.63, 3.8) is 0 Å². The van der Waals surface area contributed by atoms with Crippen LogP contribution < -0.4 is 0 Å². The first-order chi connectivity index (χ1) is 9.28. The molecular formula is C16H19BO2. The Morgan fingerprint density at radius 1 is 0.947 bits per heavy atom. The van der Waals surface area contributed by atoms with Crippen molar-refractivity contribution in [1.29, 1.82) is 0 Å². The number of hydrogen-bond donors (Lipinski definition) is 0. The van der Waals surface area contributed by atoms with Crippen LogP contribution in [0.5, 0.6) is 0 Å². The molecule has 0 saturated heterocycles. The summed E-state index contributed by atoms with van der Waals surface area (Å²) >= 11 is 0. The predicted molar refractivity (Wildman–Crippen MR) is 82.5 cm³/mol. The summed E-state index contributed by atoms with van der Waals surface area (Å²) in [4.78, 5) is 0. The second-order valence-electron chi connectivity index (χ2n) is 3.77. The van der Waals surface area contributed by atoms with Crippen molar-refractivity contribution >= 4 is 7.69 Å². The van der Waals surface area contributed by atoms with Crippen LogP contribution >= 0.6 is 0 Å². The molecule has 3 heteroatoms. The molecule has 98 valence electrons. The van der Waals surface area contributed by atoms with Crippen molar-refractivity contribution in [1.82, 2.24) is 0 Å². The molecule has 0 spiro atoms. The largest absolute Gasteiger partial charge is 0.576 e. The third-order valence-electron chi connectivity index (χ3n) is 2.46. The normalized spacial score (nSPS) is 20.3. The van der Waals surface area contributed by atoms with Gasteiger partial charge < -0.3 is 9.31 Å². The van der Waals surface area contributed by atoms with Crippen LogP contribution in [0.15, 0.2) is 84.4 Å². The van der Waals surface area contributed by atoms with E-state index >= 15 is 0 Å². The average molecular weight is 254 g/mol. The topological polar surface area (TPSA) is 18.5 Å². The van der Waals surface area contributed by atoms with Gasteiger partial charge in [0.05, 0.1) is 0 Å². The second-order valence-corrected chi connectivity index (χ2v) is 3.77. The summed E-state index contributed by atoms with van der Waals surface area (Å²) in [5.41, 5.74) is 1.89. The molecule has 0 amide bonds. The van der Waals surface area contributed by atoms with E-state index in [2.05, 4.69) is 13.2 Å². The van der Waals surface area contributed by atoms with Gasteiger partial charge in [-0.3, -0.25) is 0 Å². The molecule has 0 aromatic heterocycles. The van der Waals surface area contributed by atoms with Crippen molar-refractivity contribution in [2.24, 2.45) is 0 Å². The summed E-state index contributed by atoms with van der Waals surface area (Å²) in [5, 5.41) is 0. The third kappa shape index (κ3) is 3.92. The van der Waals surface area contributed by atoms with Crippen LogP contribution in [0.4, 0.5) is 0 Å². The molecule has 1 rings (SSSR count). The predicted octanol–water partition coefficient (Wildman–Crippen LogP) is 3.89. The molecule has 0 aromatic carbocycles. The minimum atomic E-state index is 0.175. The molecule has 0 fully saturated rings. The zero-order chi connectivity index (χ0) is 14.1. The molecule has 0 N–H and O–H groups in total. The summed E-state index contributed by atoms with van der Waals surface area (Å²) < 4.78 is 11.2. The summed E-state index contributed by atoms with van der Waals surface area (Å²) in [6.45, 7) is 11.4. The third-order valence-corrected chi connectivity index (χ3v) is 2.46. The first kappa shape index (κ1) is 14.9. The molecule has 1 heterocycles. The van der Waals surface area contributed by atoms with E-state index in [0.717, 1.165) is 22.7 Å². The van der Waals surface area contributed by atoms with E-state index in [1.807, 2.05) is 50.3 Å². The fourth-order valence-electron chi connectivity index (χ4n) is 1.74. The first-order valence-corrected chi connectivity index (χ1v) is 6.19. The lowest BCUT2D eigenvalue weighted by molar-refractivity contribution is 0.348. The summed E-state index contributed by atoms with van der Waals surface area (Å²) in [5.74, 6) is 1.50. The van der Waals surface area contributed by atoms with Crippen molar-refractivity contribution in [3.8, 4) is 0 Å². The Morgan fingerprint density at radius 3 is 2.21 bits per heavy atom. The highest BCUT2D eigenvalue weighted by Gasteiger charge is 2.19. The Hall–Kier alpha value is -2.16. The molecule has 0 unspecified atom stereocenters. The lowest BCUT2D eigenvalue weighted by Gasteiger charge is -2.10. The van der Waals surface area contributed by atoms with Crippen LogP contribution in [0.2, 0.25) is 0 Å². The Bertz CT molecular complexity index is 491. The van der Waals surface area contributed by atoms with Gasteiger partial charge in [-0.25, -0.2) is 0 Å². The van der Waals surface area contributed by atoms with Gasteiger partial charge in [0.2, 0.25) is 0 Å². The number of allylic oxidation sites excluding steroid dienone is 9. The van der Waals surface area contributed by atoms with E-state index in [1.165, 1.54) is 0 Å². The first-order valence-electron chi connectivity index (χ1n) is 6.19. The minimum Gasteiger partial charge on any atom is -0.528 e. The van der Waals surface area contributed by atoms with Crippen LogP contribution in [0.1, 0.15) is 13.8 Å². The van der Waals surface area contributed by atoms with Gasteiger partial charge in [-0.1, -0.05) is 49.6 Å². The highest BCUT2D eigenvalue weighted by Crippen LogP contribution is 2.29. The smallest absolute Gasteiger partial charge is 0.528 e. The van der Waals surface area contributed by atoms with Crippen molar-refractivity contribution in [2.75, 3.05) is 0 Å². The Morgan fingerprint density at radius 2 is 1.63 bits per heavy atom. The molecule has 0 saturated carbocycles. The van der Waals surface area contributed by atoms with E-state index in [9.17, 15) is 0 Å². The lowest BCUT2D eigenvalue weighted by atomic mass is 10.0. The van der Waals surface area contributed by atoms with Crippen LogP contribution in [-0.4, -0.2) is 7.69 Å². The maximum Gasteiger partial charge on any atom is 0.576 e. The fraction of sp³-hybridized carbons (Fsp3) is 0.125. The molecule has 1 aliphatic heterocycles. The van der Waals surface area contributed by atoms with E-state index < -0.39 is 0 Å². The van der Waals surface area contributed by atoms with E-state index in [1.54, 1.807) is 12.2 Å². The monoisotopic (exact) mass is 254 g/mol. The van der Waals surface area contributed by atoms with Gasteiger partial charge in [0.15, 0.2) is 0 Å². The van der Waals surface area contributed by atoms with Gasteiger partial charge in [-0.15, -0.1) is 0 Å². The maximum atomic E-state index is 5.63. The summed E-state index contributed by atoms with van der Waals surface area (Å²) in [6.07, 6.45) is 15.0. The maximum absolute atomic E-state index is 5.63. The molecule has 2 nitrogen and oxygen atoms in total. The van der Waals surface area contributed by atoms with Crippen molar-refractivity contribution in [3.05, 3.63) is 84.4 Å². The van der Waals surface area contributed by atoms with E-state index in [4.69, 9.17) is 9.31 Å². The molecule has 0 aliphatic carbocycles. The average Bonchev–Trinajstić information content (AvgIpc) is 2.54. The SMILES string of the molecule is C=C/C=C1C(/C=C\C)=C(/C=C\C)OBOC/1=C/C=C. The highest BCUT2D eigenvalue weighted by atomic mass is 16.6. The quantitative estimate of drug-likeness (QED) is 0.708. The van der Waals surface area contributed by atoms with Crippen LogP contribution in [-0.2, 0) is 9.31 Å². The van der Waals surface area contributed by atoms with Gasteiger partial charge in [-0.2, -0.15) is 0 Å². The fourth-order valence-corrected chi connectivity index (χ4v) is 1.74. The summed E-state index contributed by atoms with van der Waals surface area (Å²) in [6, 6.07) is 0. The Labute approximate surface area is 116 Å². The van der Waals surface area contributed by atoms with Crippen molar-refractivity contribution < 1.29 is 9.31 Å². The van der Waals surface area contributed by atoms with Crippen LogP contribution in [0, 0.1) is 0 Å². The molecule has 19 heavy (non-hydrogen) atoms. The standard InChI is InChI=1S/C16H19BO2/c1-5-9-13-14(10-6-2)16(12-8-4)19-17-18-15(13)11-7-3/h5-12,17H,1,3H2,2,4H3/b10-6-,12-8-,13-9-,15-11+. The van der Waals surface area contributed by atoms with Crippen molar-refractivity contribution in [2.45, 2.75) is 13.8 Å². The molecule has 0 aromatic rings. The van der Waals surface area contributed by atoms with Crippen LogP contribution in [0.3, 0.4) is 0 Å². The van der Waals surface area contributed by atoms with Gasteiger partial charge in [0.1, 0.15) is 11.5 Å². The highest BCUT2D eigenvalue weighted by molar-refractivity contribution is 6.19. The second kappa shape index (κ2) is 8.04. The van der Waals surface area contributed by atoms with Gasteiger partial charge in [0, 0.05) is 11.1 Å². The molecule has 0 radical (unpaired) electrons. The molecular weight excluding hydrogens is 235 g/mol. The Balaban J connectivity index is 3.47. The summed E-state index contributed by atoms with van der Waals surface area (Å²) in [7, 11) is 0.175. The minimum absolute atomic E-state index is 0.175. The number of rotatable bonds is 4. The van der Waals surface area contributed by atoms with Gasteiger partial charge in [-0.05, 0) is 26.0 Å². The lowest BCUT2D eigenvalue weighted by Crippen LogP contribution is -2.00. The van der Waals surface area contributed by atoms with E-state index in [0.29, 0.717) is 0 Å². The van der Waals surface area contributed by atoms with E-state index in [-0.39, 0.29) is 7.69 Å². The molecule has 1 aliphatic rings.